The Bertz CT molecular complexity index is 480. The minimum Gasteiger partial charge on any atom is -0.394 e. The molecule has 118 valence electrons. The van der Waals surface area contributed by atoms with Crippen LogP contribution in [0.25, 0.3) is 0 Å². The number of nitrogens with zero attached hydrogens (tertiary/aromatic N) is 2. The van der Waals surface area contributed by atoms with E-state index in [1.807, 2.05) is 13.1 Å². The molecule has 1 heterocycles. The van der Waals surface area contributed by atoms with E-state index in [4.69, 9.17) is 0 Å². The Morgan fingerprint density at radius 1 is 1.52 bits per heavy atom. The van der Waals surface area contributed by atoms with Gasteiger partial charge in [0.25, 0.3) is 0 Å². The maximum Gasteiger partial charge on any atom is 0.320 e. The average Bonchev–Trinajstić information content (AvgIpc) is 2.66. The number of aliphatic hydroxyl groups is 1. The summed E-state index contributed by atoms with van der Waals surface area (Å²) in [7, 11) is 1.83. The molecule has 6 heteroatoms. The molecule has 0 aromatic carbocycles. The van der Waals surface area contributed by atoms with E-state index < -0.39 is 0 Å². The first-order valence-electron chi connectivity index (χ1n) is 7.72. The van der Waals surface area contributed by atoms with Crippen LogP contribution in [-0.4, -0.2) is 33.6 Å². The minimum atomic E-state index is -0.294. The first kappa shape index (κ1) is 15.8. The smallest absolute Gasteiger partial charge is 0.320 e. The van der Waals surface area contributed by atoms with Crippen LogP contribution in [0.4, 0.5) is 10.6 Å². The average molecular weight is 294 g/mol. The van der Waals surface area contributed by atoms with E-state index in [1.54, 1.807) is 4.68 Å². The summed E-state index contributed by atoms with van der Waals surface area (Å²) < 4.78 is 1.70. The molecule has 2 rings (SSSR count). The summed E-state index contributed by atoms with van der Waals surface area (Å²) in [6.07, 6.45) is 4.38. The van der Waals surface area contributed by atoms with Gasteiger partial charge in [-0.05, 0) is 25.2 Å². The molecule has 1 unspecified atom stereocenters. The number of hydrogen-bond acceptors (Lipinski definition) is 3. The van der Waals surface area contributed by atoms with E-state index in [0.717, 1.165) is 12.1 Å². The Morgan fingerprint density at radius 3 is 2.76 bits per heavy atom. The Balaban J connectivity index is 1.91. The summed E-state index contributed by atoms with van der Waals surface area (Å²) in [6.45, 7) is 4.08. The van der Waals surface area contributed by atoms with Crippen LogP contribution >= 0.6 is 0 Å². The predicted octanol–water partition coefficient (Wildman–Crippen LogP) is 2.22. The van der Waals surface area contributed by atoms with Crippen LogP contribution in [0.15, 0.2) is 6.07 Å². The van der Waals surface area contributed by atoms with Crippen molar-refractivity contribution in [3.63, 3.8) is 0 Å². The first-order chi connectivity index (χ1) is 9.99. The Morgan fingerprint density at radius 2 is 2.24 bits per heavy atom. The number of aromatic nitrogens is 2. The monoisotopic (exact) mass is 294 g/mol. The van der Waals surface area contributed by atoms with Crippen LogP contribution in [-0.2, 0) is 7.05 Å². The molecule has 0 radical (unpaired) electrons. The summed E-state index contributed by atoms with van der Waals surface area (Å²) >= 11 is 0. The molecule has 0 aliphatic heterocycles. The van der Waals surface area contributed by atoms with Crippen molar-refractivity contribution >= 4 is 11.8 Å². The molecule has 0 bridgehead atoms. The van der Waals surface area contributed by atoms with Crippen LogP contribution in [0.2, 0.25) is 0 Å². The second-order valence-corrected chi connectivity index (χ2v) is 6.31. The molecule has 0 spiro atoms. The first-order valence-corrected chi connectivity index (χ1v) is 7.72. The second kappa shape index (κ2) is 6.93. The molecule has 21 heavy (non-hydrogen) atoms. The van der Waals surface area contributed by atoms with Gasteiger partial charge in [0.15, 0.2) is 0 Å². The largest absolute Gasteiger partial charge is 0.394 e. The van der Waals surface area contributed by atoms with Crippen molar-refractivity contribution in [1.82, 2.24) is 15.1 Å². The van der Waals surface area contributed by atoms with Crippen molar-refractivity contribution in [2.24, 2.45) is 13.0 Å². The Labute approximate surface area is 125 Å². The molecule has 1 aromatic heterocycles. The van der Waals surface area contributed by atoms with Gasteiger partial charge in [0.05, 0.1) is 18.3 Å². The fourth-order valence-electron chi connectivity index (χ4n) is 2.60. The molecule has 1 fully saturated rings. The van der Waals surface area contributed by atoms with Crippen molar-refractivity contribution in [2.75, 3.05) is 11.9 Å². The van der Waals surface area contributed by atoms with Crippen molar-refractivity contribution < 1.29 is 9.90 Å². The van der Waals surface area contributed by atoms with E-state index in [0.29, 0.717) is 17.7 Å². The van der Waals surface area contributed by atoms with Crippen LogP contribution < -0.4 is 10.6 Å². The fraction of sp³-hybridized carbons (Fsp3) is 0.733. The van der Waals surface area contributed by atoms with Crippen LogP contribution in [0.5, 0.6) is 0 Å². The number of carbonyl (C=O) groups is 1. The standard InChI is InChI=1S/C15H26N4O2/c1-10(2)7-12(9-20)16-15(21)17-14-8-13(18-19(14)3)11-5-4-6-11/h8,10-12,20H,4-7,9H2,1-3H3,(H2,16,17,21). The maximum atomic E-state index is 12.0. The van der Waals surface area contributed by atoms with Gasteiger partial charge in [-0.3, -0.25) is 10.00 Å². The van der Waals surface area contributed by atoms with E-state index in [-0.39, 0.29) is 18.7 Å². The number of aryl methyl sites for hydroxylation is 1. The number of aliphatic hydroxyl groups excluding tert-OH is 1. The van der Waals surface area contributed by atoms with Crippen LogP contribution in [0.1, 0.15) is 51.1 Å². The van der Waals surface area contributed by atoms with Gasteiger partial charge < -0.3 is 10.4 Å². The quantitative estimate of drug-likeness (QED) is 0.752. The third kappa shape index (κ3) is 4.20. The number of hydrogen-bond donors (Lipinski definition) is 3. The fourth-order valence-corrected chi connectivity index (χ4v) is 2.60. The molecule has 0 saturated heterocycles. The van der Waals surface area contributed by atoms with Crippen molar-refractivity contribution in [2.45, 2.75) is 51.5 Å². The molecular weight excluding hydrogens is 268 g/mol. The molecule has 2 amide bonds. The van der Waals surface area contributed by atoms with Gasteiger partial charge in [0.2, 0.25) is 0 Å². The zero-order chi connectivity index (χ0) is 15.4. The minimum absolute atomic E-state index is 0.0513. The van der Waals surface area contributed by atoms with E-state index >= 15 is 0 Å². The number of nitrogens with one attached hydrogen (secondary N) is 2. The number of anilines is 1. The van der Waals surface area contributed by atoms with Gasteiger partial charge in [-0.1, -0.05) is 20.3 Å². The van der Waals surface area contributed by atoms with Gasteiger partial charge in [0.1, 0.15) is 5.82 Å². The Kier molecular flexibility index (Phi) is 5.22. The summed E-state index contributed by atoms with van der Waals surface area (Å²) in [5.41, 5.74) is 1.06. The second-order valence-electron chi connectivity index (χ2n) is 6.31. The third-order valence-corrected chi connectivity index (χ3v) is 3.98. The van der Waals surface area contributed by atoms with Crippen LogP contribution in [0, 0.1) is 5.92 Å². The zero-order valence-electron chi connectivity index (χ0n) is 13.1. The lowest BCUT2D eigenvalue weighted by Crippen LogP contribution is -2.41. The summed E-state index contributed by atoms with van der Waals surface area (Å²) in [6, 6.07) is 1.43. The molecular formula is C15H26N4O2. The lowest BCUT2D eigenvalue weighted by molar-refractivity contribution is 0.214. The van der Waals surface area contributed by atoms with Gasteiger partial charge in [-0.25, -0.2) is 4.79 Å². The van der Waals surface area contributed by atoms with Crippen molar-refractivity contribution in [3.8, 4) is 0 Å². The number of urea groups is 1. The lowest BCUT2D eigenvalue weighted by atomic mass is 9.83. The molecule has 1 atom stereocenters. The van der Waals surface area contributed by atoms with Crippen LogP contribution in [0.3, 0.4) is 0 Å². The SMILES string of the molecule is CC(C)CC(CO)NC(=O)Nc1cc(C2CCC2)nn1C. The molecule has 1 aromatic rings. The molecule has 3 N–H and O–H groups in total. The zero-order valence-corrected chi connectivity index (χ0v) is 13.1. The molecule has 1 aliphatic carbocycles. The maximum absolute atomic E-state index is 12.0. The molecule has 6 nitrogen and oxygen atoms in total. The highest BCUT2D eigenvalue weighted by atomic mass is 16.3. The number of amides is 2. The van der Waals surface area contributed by atoms with Crippen molar-refractivity contribution in [3.05, 3.63) is 11.8 Å². The van der Waals surface area contributed by atoms with Gasteiger partial charge >= 0.3 is 6.03 Å². The number of rotatable bonds is 6. The van der Waals surface area contributed by atoms with E-state index in [2.05, 4.69) is 29.6 Å². The summed E-state index contributed by atoms with van der Waals surface area (Å²) in [4.78, 5) is 12.0. The summed E-state index contributed by atoms with van der Waals surface area (Å²) in [5, 5.41) is 19.4. The highest BCUT2D eigenvalue weighted by molar-refractivity contribution is 5.88. The van der Waals surface area contributed by atoms with E-state index in [9.17, 15) is 9.90 Å². The number of carbonyl (C=O) groups excluding carboxylic acids is 1. The Hall–Kier alpha value is -1.56. The predicted molar refractivity (Wildman–Crippen MR) is 82.3 cm³/mol. The normalized spacial score (nSPS) is 16.6. The topological polar surface area (TPSA) is 79.2 Å². The molecule has 1 aliphatic rings. The van der Waals surface area contributed by atoms with E-state index in [1.165, 1.54) is 19.3 Å². The highest BCUT2D eigenvalue weighted by Gasteiger charge is 2.23. The van der Waals surface area contributed by atoms with Gasteiger partial charge in [0, 0.05) is 19.0 Å². The highest BCUT2D eigenvalue weighted by Crippen LogP contribution is 2.36. The molecule has 1 saturated carbocycles. The lowest BCUT2D eigenvalue weighted by Gasteiger charge is -2.22. The van der Waals surface area contributed by atoms with Gasteiger partial charge in [-0.2, -0.15) is 5.10 Å². The summed E-state index contributed by atoms with van der Waals surface area (Å²) in [5.74, 6) is 1.65. The third-order valence-electron chi connectivity index (χ3n) is 3.98. The van der Waals surface area contributed by atoms with Gasteiger partial charge in [-0.15, -0.1) is 0 Å². The van der Waals surface area contributed by atoms with Crippen molar-refractivity contribution in [1.29, 1.82) is 0 Å².